The fourth-order valence-electron chi connectivity index (χ4n) is 2.37. The van der Waals surface area contributed by atoms with E-state index in [1.807, 2.05) is 6.20 Å². The lowest BCUT2D eigenvalue weighted by Gasteiger charge is -2.06. The Hall–Kier alpha value is -1.97. The van der Waals surface area contributed by atoms with Crippen LogP contribution in [0.4, 0.5) is 0 Å². The molecule has 0 N–H and O–H groups in total. The summed E-state index contributed by atoms with van der Waals surface area (Å²) in [5.74, 6) is 0. The highest BCUT2D eigenvalue weighted by atomic mass is 32.1. The second kappa shape index (κ2) is 4.85. The lowest BCUT2D eigenvalue weighted by Crippen LogP contribution is -1.85. The summed E-state index contributed by atoms with van der Waals surface area (Å²) < 4.78 is 0. The van der Waals surface area contributed by atoms with Crippen molar-refractivity contribution in [1.82, 2.24) is 4.98 Å². The third-order valence-electron chi connectivity index (χ3n) is 3.30. The van der Waals surface area contributed by atoms with E-state index in [-0.39, 0.29) is 0 Å². The highest BCUT2D eigenvalue weighted by Crippen LogP contribution is 2.38. The van der Waals surface area contributed by atoms with Gasteiger partial charge in [-0.15, -0.1) is 22.7 Å². The Morgan fingerprint density at radius 3 is 2.85 bits per heavy atom. The average Bonchev–Trinajstić information content (AvgIpc) is 3.17. The molecule has 0 saturated heterocycles. The van der Waals surface area contributed by atoms with E-state index in [1.165, 1.54) is 21.2 Å². The average molecular weight is 292 g/mol. The smallest absolute Gasteiger partial charge is 0.0795 e. The molecule has 0 aliphatic carbocycles. The zero-order valence-electron chi connectivity index (χ0n) is 10.5. The fourth-order valence-corrected chi connectivity index (χ4v) is 3.92. The Labute approximate surface area is 125 Å². The van der Waals surface area contributed by atoms with Crippen molar-refractivity contribution in [2.24, 2.45) is 0 Å². The van der Waals surface area contributed by atoms with Gasteiger partial charge in [0.05, 0.1) is 11.1 Å². The normalized spacial score (nSPS) is 11.0. The van der Waals surface area contributed by atoms with Crippen LogP contribution < -0.4 is 0 Å². The lowest BCUT2D eigenvalue weighted by molar-refractivity contribution is 1.36. The minimum atomic E-state index is 1.05. The van der Waals surface area contributed by atoms with Crippen molar-refractivity contribution in [1.29, 1.82) is 0 Å². The van der Waals surface area contributed by atoms with Gasteiger partial charge in [-0.05, 0) is 22.9 Å². The van der Waals surface area contributed by atoms with E-state index in [1.54, 1.807) is 22.7 Å². The topological polar surface area (TPSA) is 12.9 Å². The molecule has 0 spiro atoms. The van der Waals surface area contributed by atoms with Crippen LogP contribution in [-0.2, 0) is 0 Å². The molecule has 20 heavy (non-hydrogen) atoms. The molecule has 4 aromatic rings. The Balaban J connectivity index is 1.99. The van der Waals surface area contributed by atoms with Crippen molar-refractivity contribution < 1.29 is 0 Å². The summed E-state index contributed by atoms with van der Waals surface area (Å²) in [5, 5.41) is 10.0. The summed E-state index contributed by atoms with van der Waals surface area (Å²) >= 11 is 3.35. The standard InChI is InChI=1S/C17H10NS2/c1-2-5-13-12(4-1)7-8-18-17(13)15-11-19-10-14(15)16-6-3-9-20-16/h1-9,11H. The second-order valence-electron chi connectivity index (χ2n) is 4.48. The van der Waals surface area contributed by atoms with Gasteiger partial charge in [0.1, 0.15) is 0 Å². The summed E-state index contributed by atoms with van der Waals surface area (Å²) in [4.78, 5) is 5.86. The summed E-state index contributed by atoms with van der Waals surface area (Å²) in [6.45, 7) is 0. The van der Waals surface area contributed by atoms with Gasteiger partial charge in [-0.2, -0.15) is 0 Å². The van der Waals surface area contributed by atoms with Crippen LogP contribution in [0.15, 0.2) is 59.4 Å². The summed E-state index contributed by atoms with van der Waals surface area (Å²) in [5.41, 5.74) is 3.38. The SMILES string of the molecule is [c]1scc(-c2nccc3ccccc23)c1-c1cccs1. The van der Waals surface area contributed by atoms with Crippen molar-refractivity contribution in [3.05, 3.63) is 64.8 Å². The van der Waals surface area contributed by atoms with E-state index >= 15 is 0 Å². The number of benzene rings is 1. The predicted molar refractivity (Wildman–Crippen MR) is 87.2 cm³/mol. The largest absolute Gasteiger partial charge is 0.256 e. The van der Waals surface area contributed by atoms with Crippen LogP contribution in [0.3, 0.4) is 0 Å². The molecule has 0 saturated carbocycles. The number of nitrogens with zero attached hydrogens (tertiary/aromatic N) is 1. The van der Waals surface area contributed by atoms with Gasteiger partial charge in [0.15, 0.2) is 0 Å². The van der Waals surface area contributed by atoms with E-state index in [0.29, 0.717) is 0 Å². The van der Waals surface area contributed by atoms with Crippen molar-refractivity contribution in [2.75, 3.05) is 0 Å². The van der Waals surface area contributed by atoms with Crippen molar-refractivity contribution in [2.45, 2.75) is 0 Å². The molecule has 0 aliphatic heterocycles. The van der Waals surface area contributed by atoms with Gasteiger partial charge >= 0.3 is 0 Å². The van der Waals surface area contributed by atoms with Crippen LogP contribution in [0.25, 0.3) is 32.5 Å². The molecule has 3 heterocycles. The maximum Gasteiger partial charge on any atom is 0.0795 e. The van der Waals surface area contributed by atoms with Gasteiger partial charge in [-0.1, -0.05) is 30.3 Å². The quantitative estimate of drug-likeness (QED) is 0.476. The Morgan fingerprint density at radius 2 is 1.95 bits per heavy atom. The van der Waals surface area contributed by atoms with E-state index in [9.17, 15) is 0 Å². The van der Waals surface area contributed by atoms with E-state index in [2.05, 4.69) is 63.6 Å². The van der Waals surface area contributed by atoms with E-state index in [4.69, 9.17) is 0 Å². The zero-order valence-corrected chi connectivity index (χ0v) is 12.2. The van der Waals surface area contributed by atoms with Gasteiger partial charge < -0.3 is 0 Å². The number of pyridine rings is 1. The molecule has 1 radical (unpaired) electrons. The van der Waals surface area contributed by atoms with Gasteiger partial charge in [0.2, 0.25) is 0 Å². The number of hydrogen-bond acceptors (Lipinski definition) is 3. The molecule has 95 valence electrons. The van der Waals surface area contributed by atoms with E-state index < -0.39 is 0 Å². The monoisotopic (exact) mass is 292 g/mol. The first-order valence-electron chi connectivity index (χ1n) is 6.30. The summed E-state index contributed by atoms with van der Waals surface area (Å²) in [6, 6.07) is 14.7. The van der Waals surface area contributed by atoms with Gasteiger partial charge in [0.25, 0.3) is 0 Å². The molecular formula is C17H10NS2. The molecule has 3 heteroatoms. The predicted octanol–water partition coefficient (Wildman–Crippen LogP) is 5.49. The Morgan fingerprint density at radius 1 is 1.00 bits per heavy atom. The molecule has 0 bridgehead atoms. The van der Waals surface area contributed by atoms with Gasteiger partial charge in [-0.25, -0.2) is 0 Å². The number of hydrogen-bond donors (Lipinski definition) is 0. The molecular weight excluding hydrogens is 282 g/mol. The number of fused-ring (bicyclic) bond motifs is 1. The molecule has 0 atom stereocenters. The molecule has 0 amide bonds. The molecule has 1 aromatic carbocycles. The lowest BCUT2D eigenvalue weighted by atomic mass is 10.0. The van der Waals surface area contributed by atoms with Crippen LogP contribution in [0.1, 0.15) is 0 Å². The first kappa shape index (κ1) is 11.8. The highest BCUT2D eigenvalue weighted by Gasteiger charge is 2.13. The molecule has 0 aliphatic rings. The van der Waals surface area contributed by atoms with Crippen LogP contribution in [0, 0.1) is 5.38 Å². The van der Waals surface area contributed by atoms with E-state index in [0.717, 1.165) is 11.3 Å². The summed E-state index contributed by atoms with van der Waals surface area (Å²) in [7, 11) is 0. The molecule has 0 unspecified atom stereocenters. The Bertz CT molecular complexity index is 854. The van der Waals surface area contributed by atoms with Gasteiger partial charge in [-0.3, -0.25) is 4.98 Å². The molecule has 4 rings (SSSR count). The Kier molecular flexibility index (Phi) is 2.87. The van der Waals surface area contributed by atoms with Gasteiger partial charge in [0, 0.05) is 33.0 Å². The molecule has 1 nitrogen and oxygen atoms in total. The van der Waals surface area contributed by atoms with Crippen LogP contribution in [0.5, 0.6) is 0 Å². The van der Waals surface area contributed by atoms with Crippen LogP contribution in [-0.4, -0.2) is 4.98 Å². The summed E-state index contributed by atoms with van der Waals surface area (Å²) in [6.07, 6.45) is 1.88. The first-order valence-corrected chi connectivity index (χ1v) is 8.06. The van der Waals surface area contributed by atoms with Crippen molar-refractivity contribution >= 4 is 33.4 Å². The third kappa shape index (κ3) is 1.87. The van der Waals surface area contributed by atoms with Crippen molar-refractivity contribution in [3.8, 4) is 21.7 Å². The van der Waals surface area contributed by atoms with Crippen LogP contribution >= 0.6 is 22.7 Å². The minimum Gasteiger partial charge on any atom is -0.256 e. The first-order chi connectivity index (χ1) is 9.93. The fraction of sp³-hybridized carbons (Fsp3) is 0. The third-order valence-corrected chi connectivity index (χ3v) is 4.87. The maximum absolute atomic E-state index is 4.61. The number of aromatic nitrogens is 1. The maximum atomic E-state index is 4.61. The highest BCUT2D eigenvalue weighted by molar-refractivity contribution is 7.14. The number of thiophene rings is 2. The molecule has 0 fully saturated rings. The minimum absolute atomic E-state index is 1.05. The zero-order chi connectivity index (χ0) is 13.4. The van der Waals surface area contributed by atoms with Crippen molar-refractivity contribution in [3.63, 3.8) is 0 Å². The molecule has 3 aromatic heterocycles. The van der Waals surface area contributed by atoms with Crippen LogP contribution in [0.2, 0.25) is 0 Å². The second-order valence-corrected chi connectivity index (χ2v) is 6.11. The number of rotatable bonds is 2.